The monoisotopic (exact) mass is 546 g/mol. The summed E-state index contributed by atoms with van der Waals surface area (Å²) in [7, 11) is 0. The van der Waals surface area contributed by atoms with E-state index in [0.717, 1.165) is 75.3 Å². The first-order chi connectivity index (χ1) is 19.4. The first-order valence-electron chi connectivity index (χ1n) is 15.0. The van der Waals surface area contributed by atoms with Gasteiger partial charge in [0.25, 0.3) is 5.78 Å². The van der Waals surface area contributed by atoms with Crippen LogP contribution >= 0.6 is 0 Å². The van der Waals surface area contributed by atoms with Gasteiger partial charge in [0.2, 0.25) is 5.91 Å². The van der Waals surface area contributed by atoms with Gasteiger partial charge in [-0.1, -0.05) is 19.1 Å². The Morgan fingerprint density at radius 2 is 1.80 bits per heavy atom. The summed E-state index contributed by atoms with van der Waals surface area (Å²) in [5, 5.41) is 4.47. The van der Waals surface area contributed by atoms with E-state index in [2.05, 4.69) is 56.1 Å². The molecule has 2 aromatic heterocycles. The van der Waals surface area contributed by atoms with Crippen LogP contribution in [0.5, 0.6) is 5.75 Å². The number of nitrogens with zero attached hydrogens (tertiary/aromatic N) is 6. The average molecular weight is 547 g/mol. The summed E-state index contributed by atoms with van der Waals surface area (Å²) in [6.45, 7) is 11.9. The number of carbonyl (C=O) groups excluding carboxylic acids is 1. The van der Waals surface area contributed by atoms with Crippen molar-refractivity contribution < 1.29 is 14.3 Å². The van der Waals surface area contributed by atoms with E-state index < -0.39 is 0 Å². The van der Waals surface area contributed by atoms with Crippen molar-refractivity contribution in [2.75, 3.05) is 37.7 Å². The quantitative estimate of drug-likeness (QED) is 0.446. The van der Waals surface area contributed by atoms with E-state index in [1.807, 2.05) is 20.8 Å². The summed E-state index contributed by atoms with van der Waals surface area (Å²) in [6, 6.07) is 9.36. The molecule has 1 saturated carbocycles. The number of amides is 1. The third-order valence-corrected chi connectivity index (χ3v) is 9.16. The topological polar surface area (TPSA) is 85.1 Å². The Kier molecular flexibility index (Phi) is 7.66. The molecule has 0 unspecified atom stereocenters. The van der Waals surface area contributed by atoms with Gasteiger partial charge in [-0.25, -0.2) is 4.98 Å². The van der Waals surface area contributed by atoms with E-state index in [4.69, 9.17) is 9.47 Å². The molecule has 4 heterocycles. The van der Waals surface area contributed by atoms with Crippen LogP contribution in [0.1, 0.15) is 74.1 Å². The number of aromatic nitrogens is 4. The van der Waals surface area contributed by atoms with Crippen molar-refractivity contribution in [3.8, 4) is 5.75 Å². The molecule has 9 heteroatoms. The van der Waals surface area contributed by atoms with Gasteiger partial charge in [-0.05, 0) is 76.5 Å². The summed E-state index contributed by atoms with van der Waals surface area (Å²) < 4.78 is 13.9. The van der Waals surface area contributed by atoms with Crippen LogP contribution in [-0.4, -0.2) is 75.4 Å². The molecule has 2 atom stereocenters. The zero-order chi connectivity index (χ0) is 27.8. The highest BCUT2D eigenvalue weighted by atomic mass is 16.5. The minimum Gasteiger partial charge on any atom is -0.485 e. The fourth-order valence-electron chi connectivity index (χ4n) is 6.80. The second kappa shape index (κ2) is 11.4. The second-order valence-electron chi connectivity index (χ2n) is 11.8. The predicted octanol–water partition coefficient (Wildman–Crippen LogP) is 4.62. The van der Waals surface area contributed by atoms with Crippen molar-refractivity contribution >= 4 is 17.4 Å². The molecule has 3 aromatic rings. The van der Waals surface area contributed by atoms with Crippen molar-refractivity contribution in [3.05, 3.63) is 47.0 Å². The molecule has 0 spiro atoms. The van der Waals surface area contributed by atoms with Gasteiger partial charge in [0.05, 0.1) is 37.2 Å². The standard InChI is InChI=1S/C31H42N6O3/c1-5-26-19-39-17-16-36(26)30(38)25-8-6-23(7-9-25)24-10-12-27(13-11-24)35-15-14-28(18-35)40-29-20(2)32-31-33-22(4)34-37(31)21(29)3/h10-13,23,25-26,28H,5-9,14-19H2,1-4H3/t23-,25-,26-,28+/m0/s1. The lowest BCUT2D eigenvalue weighted by molar-refractivity contribution is -0.145. The molecule has 1 aliphatic carbocycles. The molecular formula is C31H42N6O3. The van der Waals surface area contributed by atoms with Gasteiger partial charge in [-0.2, -0.15) is 9.50 Å². The normalized spacial score (nSPS) is 25.5. The first-order valence-corrected chi connectivity index (χ1v) is 15.0. The molecule has 40 heavy (non-hydrogen) atoms. The van der Waals surface area contributed by atoms with Crippen molar-refractivity contribution in [2.45, 2.75) is 84.3 Å². The van der Waals surface area contributed by atoms with Crippen molar-refractivity contribution in [2.24, 2.45) is 5.92 Å². The Morgan fingerprint density at radius 3 is 2.55 bits per heavy atom. The van der Waals surface area contributed by atoms with Gasteiger partial charge in [-0.3, -0.25) is 4.79 Å². The molecule has 214 valence electrons. The lowest BCUT2D eigenvalue weighted by Crippen LogP contribution is -2.50. The van der Waals surface area contributed by atoms with E-state index in [-0.39, 0.29) is 18.1 Å². The van der Waals surface area contributed by atoms with Gasteiger partial charge in [0.1, 0.15) is 11.9 Å². The Balaban J connectivity index is 1.04. The van der Waals surface area contributed by atoms with Crippen LogP contribution in [0.3, 0.4) is 0 Å². The fourth-order valence-corrected chi connectivity index (χ4v) is 6.80. The van der Waals surface area contributed by atoms with Crippen LogP contribution < -0.4 is 9.64 Å². The third-order valence-electron chi connectivity index (χ3n) is 9.16. The van der Waals surface area contributed by atoms with Gasteiger partial charge >= 0.3 is 0 Å². The Hall–Kier alpha value is -3.20. The van der Waals surface area contributed by atoms with Gasteiger partial charge < -0.3 is 19.3 Å². The molecule has 9 nitrogen and oxygen atoms in total. The van der Waals surface area contributed by atoms with Crippen LogP contribution in [-0.2, 0) is 9.53 Å². The van der Waals surface area contributed by atoms with Gasteiger partial charge in [0, 0.05) is 31.1 Å². The zero-order valence-corrected chi connectivity index (χ0v) is 24.3. The maximum Gasteiger partial charge on any atom is 0.253 e. The average Bonchev–Trinajstić information content (AvgIpc) is 3.61. The lowest BCUT2D eigenvalue weighted by Gasteiger charge is -2.39. The molecule has 0 N–H and O–H groups in total. The van der Waals surface area contributed by atoms with E-state index in [9.17, 15) is 4.79 Å². The maximum atomic E-state index is 13.2. The van der Waals surface area contributed by atoms with E-state index in [0.29, 0.717) is 36.6 Å². The van der Waals surface area contributed by atoms with E-state index in [1.165, 1.54) is 11.3 Å². The second-order valence-corrected chi connectivity index (χ2v) is 11.8. The van der Waals surface area contributed by atoms with Gasteiger partial charge in [-0.15, -0.1) is 5.10 Å². The summed E-state index contributed by atoms with van der Waals surface area (Å²) >= 11 is 0. The van der Waals surface area contributed by atoms with Crippen LogP contribution in [0.2, 0.25) is 0 Å². The Bertz CT molecular complexity index is 1350. The zero-order valence-electron chi connectivity index (χ0n) is 24.3. The molecular weight excluding hydrogens is 504 g/mol. The number of fused-ring (bicyclic) bond motifs is 1. The van der Waals surface area contributed by atoms with Crippen LogP contribution in [0, 0.1) is 26.7 Å². The van der Waals surface area contributed by atoms with Crippen molar-refractivity contribution in [1.29, 1.82) is 0 Å². The largest absolute Gasteiger partial charge is 0.485 e. The number of anilines is 1. The summed E-state index contributed by atoms with van der Waals surface area (Å²) in [5.74, 6) is 3.20. The van der Waals surface area contributed by atoms with E-state index in [1.54, 1.807) is 4.52 Å². The smallest absolute Gasteiger partial charge is 0.253 e. The molecule has 6 rings (SSSR count). The Morgan fingerprint density at radius 1 is 1.02 bits per heavy atom. The number of rotatable bonds is 6. The lowest BCUT2D eigenvalue weighted by atomic mass is 9.78. The first kappa shape index (κ1) is 27.0. The van der Waals surface area contributed by atoms with Crippen molar-refractivity contribution in [3.63, 3.8) is 0 Å². The minimum absolute atomic E-state index is 0.104. The maximum absolute atomic E-state index is 13.2. The number of benzene rings is 1. The molecule has 3 fully saturated rings. The molecule has 3 aliphatic rings. The van der Waals surface area contributed by atoms with Crippen molar-refractivity contribution in [1.82, 2.24) is 24.5 Å². The van der Waals surface area contributed by atoms with Crippen LogP contribution in [0.25, 0.3) is 5.78 Å². The fraction of sp³-hybridized carbons (Fsp3) is 0.613. The summed E-state index contributed by atoms with van der Waals surface area (Å²) in [6.07, 6.45) is 6.17. The van der Waals surface area contributed by atoms with Crippen LogP contribution in [0.4, 0.5) is 5.69 Å². The highest BCUT2D eigenvalue weighted by Gasteiger charge is 2.34. The summed E-state index contributed by atoms with van der Waals surface area (Å²) in [4.78, 5) is 26.7. The summed E-state index contributed by atoms with van der Waals surface area (Å²) in [5.41, 5.74) is 4.43. The van der Waals surface area contributed by atoms with Gasteiger partial charge in [0.15, 0.2) is 5.75 Å². The molecule has 0 radical (unpaired) electrons. The number of morpholine rings is 1. The predicted molar refractivity (Wildman–Crippen MR) is 154 cm³/mol. The van der Waals surface area contributed by atoms with E-state index >= 15 is 0 Å². The Labute approximate surface area is 236 Å². The van der Waals surface area contributed by atoms with Crippen LogP contribution in [0.15, 0.2) is 24.3 Å². The molecule has 2 saturated heterocycles. The highest BCUT2D eigenvalue weighted by molar-refractivity contribution is 5.79. The molecule has 2 aliphatic heterocycles. The number of ether oxygens (including phenoxy) is 2. The molecule has 0 bridgehead atoms. The molecule has 1 aromatic carbocycles. The highest BCUT2D eigenvalue weighted by Crippen LogP contribution is 2.38. The number of carbonyl (C=O) groups is 1. The number of hydrogen-bond acceptors (Lipinski definition) is 7. The third kappa shape index (κ3) is 5.28. The minimum atomic E-state index is 0.104. The molecule has 1 amide bonds. The number of hydrogen-bond donors (Lipinski definition) is 0. The number of aryl methyl sites for hydroxylation is 3. The SMILES string of the molecule is CC[C@H]1COCCN1C(=O)[C@H]1CC[C@H](c2ccc(N3CC[C@@H](Oc4c(C)nc5nc(C)nn5c4C)C3)cc2)CC1.